The van der Waals surface area contributed by atoms with Crippen LogP contribution in [0.15, 0.2) is 48.5 Å². The zero-order chi connectivity index (χ0) is 21.1. The average molecular weight is 423 g/mol. The summed E-state index contributed by atoms with van der Waals surface area (Å²) >= 11 is 6.14. The number of hydrogen-bond donors (Lipinski definition) is 0. The molecule has 154 valence electrons. The molecule has 3 heterocycles. The molecule has 1 aliphatic heterocycles. The first-order chi connectivity index (χ1) is 14.5. The monoisotopic (exact) mass is 422 g/mol. The average Bonchev–Trinajstić information content (AvgIpc) is 3.11. The summed E-state index contributed by atoms with van der Waals surface area (Å²) in [5.41, 5.74) is 2.80. The Balaban J connectivity index is 1.36. The molecule has 3 aromatic rings. The van der Waals surface area contributed by atoms with Crippen molar-refractivity contribution in [2.24, 2.45) is 0 Å². The van der Waals surface area contributed by atoms with E-state index in [4.69, 9.17) is 11.6 Å². The number of benzene rings is 1. The van der Waals surface area contributed by atoms with E-state index in [1.54, 1.807) is 16.8 Å². The van der Waals surface area contributed by atoms with Crippen LogP contribution in [0, 0.1) is 13.8 Å². The van der Waals surface area contributed by atoms with E-state index < -0.39 is 0 Å². The maximum Gasteiger partial charge on any atom is 0.246 e. The molecule has 8 heteroatoms. The standard InChI is InChI=1S/C22H23ClN6O/c1-16-15-17(2)29(26-16)21-9-8-20(24-25-21)27-11-13-28(14-12-27)22(30)10-7-18-5-3-4-6-19(18)23/h3-10,15H,11-14H2,1-2H3/b10-7+. The SMILES string of the molecule is Cc1cc(C)n(-c2ccc(N3CCN(C(=O)/C=C/c4ccccc4Cl)CC3)nn2)n1. The van der Waals surface area contributed by atoms with Crippen LogP contribution in [0.5, 0.6) is 0 Å². The lowest BCUT2D eigenvalue weighted by Crippen LogP contribution is -2.48. The van der Waals surface area contributed by atoms with Crippen molar-refractivity contribution < 1.29 is 4.79 Å². The summed E-state index contributed by atoms with van der Waals surface area (Å²) < 4.78 is 1.79. The normalized spacial score (nSPS) is 14.5. The summed E-state index contributed by atoms with van der Waals surface area (Å²) in [4.78, 5) is 16.5. The molecule has 4 rings (SSSR count). The Morgan fingerprint density at radius 1 is 1.00 bits per heavy atom. The van der Waals surface area contributed by atoms with E-state index >= 15 is 0 Å². The number of aromatic nitrogens is 4. The largest absolute Gasteiger partial charge is 0.352 e. The molecule has 30 heavy (non-hydrogen) atoms. The van der Waals surface area contributed by atoms with Crippen LogP contribution in [0.2, 0.25) is 5.02 Å². The van der Waals surface area contributed by atoms with Gasteiger partial charge in [0.1, 0.15) is 0 Å². The van der Waals surface area contributed by atoms with Gasteiger partial charge < -0.3 is 9.80 Å². The van der Waals surface area contributed by atoms with E-state index in [-0.39, 0.29) is 5.91 Å². The molecule has 0 radical (unpaired) electrons. The maximum atomic E-state index is 12.5. The van der Waals surface area contributed by atoms with E-state index in [0.29, 0.717) is 37.0 Å². The fourth-order valence-corrected chi connectivity index (χ4v) is 3.69. The maximum absolute atomic E-state index is 12.5. The predicted octanol–water partition coefficient (Wildman–Crippen LogP) is 3.29. The summed E-state index contributed by atoms with van der Waals surface area (Å²) in [5, 5.41) is 13.8. The quantitative estimate of drug-likeness (QED) is 0.603. The molecule has 1 saturated heterocycles. The van der Waals surface area contributed by atoms with Crippen LogP contribution < -0.4 is 4.90 Å². The van der Waals surface area contributed by atoms with Gasteiger partial charge in [0.15, 0.2) is 11.6 Å². The molecule has 1 aromatic carbocycles. The first-order valence-corrected chi connectivity index (χ1v) is 10.2. The fourth-order valence-electron chi connectivity index (χ4n) is 3.49. The molecule has 0 spiro atoms. The number of piperazine rings is 1. The molecule has 2 aromatic heterocycles. The smallest absolute Gasteiger partial charge is 0.246 e. The van der Waals surface area contributed by atoms with E-state index in [0.717, 1.165) is 22.8 Å². The summed E-state index contributed by atoms with van der Waals surface area (Å²) in [7, 11) is 0. The first kappa shape index (κ1) is 20.1. The van der Waals surface area contributed by atoms with Crippen LogP contribution in [-0.4, -0.2) is 57.0 Å². The highest BCUT2D eigenvalue weighted by atomic mass is 35.5. The molecular weight excluding hydrogens is 400 g/mol. The number of amides is 1. The van der Waals surface area contributed by atoms with Gasteiger partial charge >= 0.3 is 0 Å². The topological polar surface area (TPSA) is 67.2 Å². The van der Waals surface area contributed by atoms with Gasteiger partial charge in [0.2, 0.25) is 5.91 Å². The molecule has 1 aliphatic rings. The van der Waals surface area contributed by atoms with Gasteiger partial charge in [0, 0.05) is 43.0 Å². The number of carbonyl (C=O) groups excluding carboxylic acids is 1. The summed E-state index contributed by atoms with van der Waals surface area (Å²) in [6, 6.07) is 13.3. The van der Waals surface area contributed by atoms with Gasteiger partial charge in [-0.15, -0.1) is 10.2 Å². The van der Waals surface area contributed by atoms with Crippen LogP contribution in [0.4, 0.5) is 5.82 Å². The Labute approximate surface area is 180 Å². The third-order valence-electron chi connectivity index (χ3n) is 5.09. The first-order valence-electron chi connectivity index (χ1n) is 9.85. The van der Waals surface area contributed by atoms with E-state index in [9.17, 15) is 4.79 Å². The second-order valence-corrected chi connectivity index (χ2v) is 7.66. The summed E-state index contributed by atoms with van der Waals surface area (Å²) in [6.45, 7) is 6.63. The lowest BCUT2D eigenvalue weighted by molar-refractivity contribution is -0.126. The van der Waals surface area contributed by atoms with E-state index in [2.05, 4.69) is 20.2 Å². The molecule has 7 nitrogen and oxygen atoms in total. The number of halogens is 1. The minimum absolute atomic E-state index is 0.0134. The van der Waals surface area contributed by atoms with Crippen molar-refractivity contribution in [2.45, 2.75) is 13.8 Å². The predicted molar refractivity (Wildman–Crippen MR) is 118 cm³/mol. The van der Waals surface area contributed by atoms with Crippen LogP contribution >= 0.6 is 11.6 Å². The highest BCUT2D eigenvalue weighted by Crippen LogP contribution is 2.18. The van der Waals surface area contributed by atoms with Crippen LogP contribution in [-0.2, 0) is 4.79 Å². The highest BCUT2D eigenvalue weighted by molar-refractivity contribution is 6.32. The van der Waals surface area contributed by atoms with Gasteiger partial charge in [-0.1, -0.05) is 29.8 Å². The van der Waals surface area contributed by atoms with Crippen molar-refractivity contribution in [1.82, 2.24) is 24.9 Å². The molecule has 1 amide bonds. The Hall–Kier alpha value is -3.19. The number of nitrogens with zero attached hydrogens (tertiary/aromatic N) is 6. The highest BCUT2D eigenvalue weighted by Gasteiger charge is 2.21. The third-order valence-corrected chi connectivity index (χ3v) is 5.43. The third kappa shape index (κ3) is 4.36. The zero-order valence-corrected chi connectivity index (χ0v) is 17.8. The fraction of sp³-hybridized carbons (Fsp3) is 0.273. The lowest BCUT2D eigenvalue weighted by Gasteiger charge is -2.34. The molecule has 0 N–H and O–H groups in total. The molecule has 0 unspecified atom stereocenters. The number of anilines is 1. The van der Waals surface area contributed by atoms with E-state index in [1.807, 2.05) is 61.2 Å². The van der Waals surface area contributed by atoms with Crippen molar-refractivity contribution in [3.63, 3.8) is 0 Å². The summed E-state index contributed by atoms with van der Waals surface area (Å²) in [6.07, 6.45) is 3.35. The van der Waals surface area contributed by atoms with Gasteiger partial charge in [-0.25, -0.2) is 4.68 Å². The van der Waals surface area contributed by atoms with Crippen molar-refractivity contribution in [2.75, 3.05) is 31.1 Å². The van der Waals surface area contributed by atoms with Crippen molar-refractivity contribution >= 4 is 29.4 Å². The van der Waals surface area contributed by atoms with Crippen molar-refractivity contribution in [3.05, 3.63) is 70.5 Å². The molecular formula is C22H23ClN6O. The number of rotatable bonds is 4. The van der Waals surface area contributed by atoms with Gasteiger partial charge in [-0.3, -0.25) is 4.79 Å². The van der Waals surface area contributed by atoms with Gasteiger partial charge in [0.05, 0.1) is 5.69 Å². The van der Waals surface area contributed by atoms with Crippen LogP contribution in [0.1, 0.15) is 17.0 Å². The molecule has 0 aliphatic carbocycles. The molecule has 1 fully saturated rings. The number of aryl methyl sites for hydroxylation is 2. The number of carbonyl (C=O) groups is 1. The van der Waals surface area contributed by atoms with Crippen LogP contribution in [0.3, 0.4) is 0 Å². The minimum atomic E-state index is -0.0134. The van der Waals surface area contributed by atoms with E-state index in [1.165, 1.54) is 0 Å². The Bertz CT molecular complexity index is 1070. The zero-order valence-electron chi connectivity index (χ0n) is 17.0. The Morgan fingerprint density at radius 3 is 2.33 bits per heavy atom. The minimum Gasteiger partial charge on any atom is -0.352 e. The lowest BCUT2D eigenvalue weighted by atomic mass is 10.2. The summed E-state index contributed by atoms with van der Waals surface area (Å²) in [5.74, 6) is 1.49. The molecule has 0 bridgehead atoms. The second-order valence-electron chi connectivity index (χ2n) is 7.26. The van der Waals surface area contributed by atoms with Crippen molar-refractivity contribution in [3.8, 4) is 5.82 Å². The van der Waals surface area contributed by atoms with Gasteiger partial charge in [-0.2, -0.15) is 5.10 Å². The Morgan fingerprint density at radius 2 is 1.70 bits per heavy atom. The number of hydrogen-bond acceptors (Lipinski definition) is 5. The van der Waals surface area contributed by atoms with Gasteiger partial charge in [-0.05, 0) is 49.8 Å². The Kier molecular flexibility index (Phi) is 5.81. The second kappa shape index (κ2) is 8.67. The van der Waals surface area contributed by atoms with Crippen LogP contribution in [0.25, 0.3) is 11.9 Å². The van der Waals surface area contributed by atoms with Gasteiger partial charge in [0.25, 0.3) is 0 Å². The molecule has 0 atom stereocenters. The van der Waals surface area contributed by atoms with Crippen molar-refractivity contribution in [1.29, 1.82) is 0 Å². The molecule has 0 saturated carbocycles.